The third kappa shape index (κ3) is 37.9. The molecular formula is C32H62N10O17. The maximum atomic E-state index is 11.3. The lowest BCUT2D eigenvalue weighted by Gasteiger charge is -2.12. The molecule has 0 bridgehead atoms. The molecule has 0 aromatic heterocycles. The largest absolute Gasteiger partial charge is 0.480 e. The zero-order valence-corrected chi connectivity index (χ0v) is 33.0. The van der Waals surface area contributed by atoms with Gasteiger partial charge in [0.05, 0.1) is 13.1 Å². The number of rotatable bonds is 17. The summed E-state index contributed by atoms with van der Waals surface area (Å²) in [6.07, 6.45) is 3.20. The summed E-state index contributed by atoms with van der Waals surface area (Å²) >= 11 is 0. The highest BCUT2D eigenvalue weighted by Crippen LogP contribution is 2.07. The summed E-state index contributed by atoms with van der Waals surface area (Å²) in [5.41, 5.74) is 40.0. The quantitative estimate of drug-likeness (QED) is 0.0478. The van der Waals surface area contributed by atoms with Crippen LogP contribution in [0.5, 0.6) is 0 Å². The number of carbonyl (C=O) groups is 10. The maximum absolute atomic E-state index is 11.3. The van der Waals surface area contributed by atoms with Crippen LogP contribution in [0, 0.1) is 5.92 Å². The Labute approximate surface area is 339 Å². The van der Waals surface area contributed by atoms with E-state index in [1.165, 1.54) is 0 Å². The van der Waals surface area contributed by atoms with E-state index in [0.29, 0.717) is 0 Å². The van der Waals surface area contributed by atoms with E-state index in [4.69, 9.17) is 64.7 Å². The number of nitrogens with one attached hydrogen (secondary N) is 2. The van der Waals surface area contributed by atoms with Gasteiger partial charge in [-0.15, -0.1) is 0 Å². The molecule has 23 N–H and O–H groups in total. The summed E-state index contributed by atoms with van der Waals surface area (Å²) in [7, 11) is 0. The highest BCUT2D eigenvalue weighted by molar-refractivity contribution is 5.91. The normalized spacial score (nSPS) is 16.8. The average Bonchev–Trinajstić information content (AvgIpc) is 3.92. The van der Waals surface area contributed by atoms with Crippen molar-refractivity contribution in [1.82, 2.24) is 10.6 Å². The lowest BCUT2D eigenvalue weighted by Crippen LogP contribution is -2.40. The van der Waals surface area contributed by atoms with Crippen molar-refractivity contribution in [2.24, 2.45) is 51.8 Å². The molecule has 27 heteroatoms. The number of carbonyl (C=O) groups excluding carboxylic acids is 5. The fraction of sp³-hybridized carbons (Fsp3) is 0.688. The van der Waals surface area contributed by atoms with Crippen LogP contribution >= 0.6 is 0 Å². The van der Waals surface area contributed by atoms with E-state index in [1.54, 1.807) is 13.8 Å². The zero-order valence-electron chi connectivity index (χ0n) is 33.0. The van der Waals surface area contributed by atoms with Gasteiger partial charge in [-0.2, -0.15) is 0 Å². The number of hydrogen-bond acceptors (Lipinski definition) is 20. The Morgan fingerprint density at radius 1 is 0.627 bits per heavy atom. The molecule has 0 aromatic rings. The third-order valence-electron chi connectivity index (χ3n) is 6.99. The van der Waals surface area contributed by atoms with Gasteiger partial charge in [0.2, 0.25) is 11.8 Å². The van der Waals surface area contributed by atoms with E-state index >= 15 is 0 Å². The van der Waals surface area contributed by atoms with E-state index in [9.17, 15) is 47.9 Å². The Balaban J connectivity index is -0.000000331. The molecule has 2 aliphatic heterocycles. The molecular weight excluding hydrogens is 796 g/mol. The van der Waals surface area contributed by atoms with Crippen molar-refractivity contribution in [3.8, 4) is 0 Å². The van der Waals surface area contributed by atoms with Crippen LogP contribution in [0.2, 0.25) is 0 Å². The number of carboxylic acid groups (broad SMARTS) is 5. The van der Waals surface area contributed by atoms with Crippen molar-refractivity contribution in [1.29, 1.82) is 0 Å². The number of esters is 3. The van der Waals surface area contributed by atoms with Crippen LogP contribution in [-0.4, -0.2) is 154 Å². The average molecular weight is 859 g/mol. The van der Waals surface area contributed by atoms with Crippen molar-refractivity contribution in [2.45, 2.75) is 101 Å². The van der Waals surface area contributed by atoms with Crippen LogP contribution in [0.25, 0.3) is 0 Å². The first kappa shape index (κ1) is 60.3. The van der Waals surface area contributed by atoms with Gasteiger partial charge >= 0.3 is 47.8 Å². The molecule has 2 fully saturated rings. The van der Waals surface area contributed by atoms with Crippen LogP contribution in [0.1, 0.15) is 65.2 Å². The minimum Gasteiger partial charge on any atom is -0.480 e. The molecule has 2 saturated heterocycles. The van der Waals surface area contributed by atoms with E-state index in [1.807, 2.05) is 0 Å². The molecule has 6 atom stereocenters. The van der Waals surface area contributed by atoms with Gasteiger partial charge in [0.25, 0.3) is 0 Å². The van der Waals surface area contributed by atoms with E-state index < -0.39 is 83.7 Å². The molecule has 2 amide bonds. The lowest BCUT2D eigenvalue weighted by molar-refractivity contribution is -0.162. The molecule has 0 radical (unpaired) electrons. The fourth-order valence-corrected chi connectivity index (χ4v) is 3.49. The van der Waals surface area contributed by atoms with Gasteiger partial charge in [-0.05, 0) is 57.5 Å². The summed E-state index contributed by atoms with van der Waals surface area (Å²) in [6.45, 7) is 4.38. The zero-order chi connectivity index (χ0) is 46.8. The molecule has 2 rings (SSSR count). The van der Waals surface area contributed by atoms with Crippen molar-refractivity contribution in [2.75, 3.05) is 32.8 Å². The Morgan fingerprint density at radius 2 is 1.00 bits per heavy atom. The van der Waals surface area contributed by atoms with E-state index in [2.05, 4.69) is 26.8 Å². The third-order valence-corrected chi connectivity index (χ3v) is 6.99. The molecule has 0 aliphatic carbocycles. The van der Waals surface area contributed by atoms with Crippen LogP contribution < -0.4 is 56.5 Å². The summed E-state index contributed by atoms with van der Waals surface area (Å²) in [4.78, 5) is 104. The predicted octanol–water partition coefficient (Wildman–Crippen LogP) is -6.13. The first-order valence-corrected chi connectivity index (χ1v) is 17.7. The van der Waals surface area contributed by atoms with E-state index in [0.717, 1.165) is 38.8 Å². The molecule has 342 valence electrons. The van der Waals surface area contributed by atoms with Gasteiger partial charge in [0.1, 0.15) is 42.9 Å². The summed E-state index contributed by atoms with van der Waals surface area (Å²) in [5, 5.41) is 46.0. The van der Waals surface area contributed by atoms with Gasteiger partial charge in [-0.3, -0.25) is 38.4 Å². The number of aliphatic carboxylic acids is 5. The highest BCUT2D eigenvalue weighted by atomic mass is 16.6. The predicted molar refractivity (Wildman–Crippen MR) is 204 cm³/mol. The molecule has 0 spiro atoms. The van der Waals surface area contributed by atoms with Gasteiger partial charge in [-0.1, -0.05) is 13.8 Å². The molecule has 59 heavy (non-hydrogen) atoms. The maximum Gasteiger partial charge on any atom is 0.330 e. The topological polar surface area (TPSA) is 523 Å². The second-order valence-electron chi connectivity index (χ2n) is 12.5. The number of hydrogen-bond donors (Lipinski definition) is 15. The van der Waals surface area contributed by atoms with Crippen LogP contribution in [0.3, 0.4) is 0 Å². The minimum absolute atomic E-state index is 0.0208. The summed E-state index contributed by atoms with van der Waals surface area (Å²) in [5.74, 6) is -8.39. The molecule has 0 aromatic carbocycles. The Morgan fingerprint density at radius 3 is 1.22 bits per heavy atom. The summed E-state index contributed by atoms with van der Waals surface area (Å²) in [6, 6.07) is -4.69. The second-order valence-corrected chi connectivity index (χ2v) is 12.5. The number of nitrogens with two attached hydrogens (primary N) is 8. The number of carboxylic acids is 5. The van der Waals surface area contributed by atoms with Crippen LogP contribution in [-0.2, 0) is 57.4 Å². The van der Waals surface area contributed by atoms with E-state index in [-0.39, 0.29) is 63.4 Å². The lowest BCUT2D eigenvalue weighted by atomic mass is 10.1. The number of amides is 2. The Kier molecular flexibility index (Phi) is 36.5. The SMILES string of the molecule is CC(C)[C@H](N)C(=O)O.NC(=O)CC[C@H](N)C(=O)OC(=O)[C@@H](N)CCC(N)=O.NCC(=O)O.NCC(=O)O.N[C@@H](COC(=O)[C@@H]1CCCN1)C(=O)O.O=C(O)[C@@H]1CCCN1. The first-order chi connectivity index (χ1) is 27.2. The standard InChI is InChI=1S/C10H18N4O5.C8H14N2O4.C5H9NO2.C5H11NO2.2C2H5NO2/c11-5(1-3-7(13)15)9(17)19-10(18)6(12)2-4-8(14)16;9-5(7(11)12)4-14-8(13)6-2-1-3-10-6;7-5(8)4-2-1-3-6-4;1-3(2)4(6)5(7)8;2*3-1-2(4)5/h5-6H,1-4,11-12H2,(H2,13,15)(H2,14,16);5-6,10H,1-4,9H2,(H,11,12);4,6H,1-3H2,(H,7,8);3-4H,6H2,1-2H3,(H,7,8);2*1,3H2,(H,4,5)/t2*5-,6-;2*4-;;/m0000../s1. The second kappa shape index (κ2) is 35.7. The van der Waals surface area contributed by atoms with Crippen molar-refractivity contribution >= 4 is 59.6 Å². The van der Waals surface area contributed by atoms with Crippen molar-refractivity contribution < 1.29 is 83.0 Å². The minimum atomic E-state index is -1.17. The smallest absolute Gasteiger partial charge is 0.330 e. The number of primary amides is 2. The Bertz CT molecular complexity index is 1270. The van der Waals surface area contributed by atoms with Gasteiger partial charge < -0.3 is 91.5 Å². The summed E-state index contributed by atoms with van der Waals surface area (Å²) < 4.78 is 9.15. The molecule has 27 nitrogen and oxygen atoms in total. The highest BCUT2D eigenvalue weighted by Gasteiger charge is 2.25. The molecule has 0 unspecified atom stereocenters. The van der Waals surface area contributed by atoms with Gasteiger partial charge in [0.15, 0.2) is 0 Å². The monoisotopic (exact) mass is 858 g/mol. The van der Waals surface area contributed by atoms with Gasteiger partial charge in [0, 0.05) is 12.8 Å². The first-order valence-electron chi connectivity index (χ1n) is 17.7. The molecule has 0 saturated carbocycles. The van der Waals surface area contributed by atoms with Crippen molar-refractivity contribution in [3.63, 3.8) is 0 Å². The van der Waals surface area contributed by atoms with Gasteiger partial charge in [-0.25, -0.2) is 9.59 Å². The molecule has 2 aliphatic rings. The Hall–Kier alpha value is -5.42. The fourth-order valence-electron chi connectivity index (χ4n) is 3.49. The molecule has 2 heterocycles. The van der Waals surface area contributed by atoms with Crippen LogP contribution in [0.15, 0.2) is 0 Å². The number of ether oxygens (including phenoxy) is 2. The van der Waals surface area contributed by atoms with Crippen LogP contribution in [0.4, 0.5) is 0 Å². The van der Waals surface area contributed by atoms with Crippen molar-refractivity contribution in [3.05, 3.63) is 0 Å².